The predicted molar refractivity (Wildman–Crippen MR) is 212 cm³/mol. The molecule has 2 bridgehead atoms. The molecule has 20 heteroatoms. The van der Waals surface area contributed by atoms with Crippen molar-refractivity contribution in [1.29, 1.82) is 0 Å². The van der Waals surface area contributed by atoms with Gasteiger partial charge in [0.1, 0.15) is 40.4 Å². The van der Waals surface area contributed by atoms with Crippen molar-refractivity contribution in [3.05, 3.63) is 40.7 Å². The molecule has 0 radical (unpaired) electrons. The molecule has 1 fully saturated rings. The second-order valence-electron chi connectivity index (χ2n) is 18.0. The van der Waals surface area contributed by atoms with Crippen molar-refractivity contribution in [3.63, 3.8) is 0 Å². The van der Waals surface area contributed by atoms with Crippen LogP contribution in [0.3, 0.4) is 0 Å². The molecule has 2 aliphatic carbocycles. The van der Waals surface area contributed by atoms with Crippen LogP contribution in [0.25, 0.3) is 0 Å². The van der Waals surface area contributed by atoms with Gasteiger partial charge in [-0.1, -0.05) is 12.1 Å². The first kappa shape index (κ1) is 47.1. The smallest absolute Gasteiger partial charge is 0.481 e. The Hall–Kier alpha value is -5.92. The Bertz CT molecular complexity index is 2050. The number of carboxylic acid groups (broad SMARTS) is 2. The molecule has 0 aromatic heterocycles. The molecule has 5 rings (SSSR count). The van der Waals surface area contributed by atoms with Crippen LogP contribution in [-0.2, 0) is 69.0 Å². The first-order valence-corrected chi connectivity index (χ1v) is 20.2. The van der Waals surface area contributed by atoms with Crippen LogP contribution in [0, 0.1) is 6.92 Å². The Balaban J connectivity index is 1.39. The second kappa shape index (κ2) is 17.5. The highest BCUT2D eigenvalue weighted by Crippen LogP contribution is 2.65. The number of carboxylic acids is 2. The number of carbonyl (C=O) groups is 8. The molecule has 1 aromatic rings. The van der Waals surface area contributed by atoms with E-state index in [2.05, 4.69) is 10.6 Å². The summed E-state index contributed by atoms with van der Waals surface area (Å²) in [4.78, 5) is 104. The monoisotopic (exact) mass is 873 g/mol. The van der Waals surface area contributed by atoms with E-state index in [1.807, 2.05) is 31.0 Å². The summed E-state index contributed by atoms with van der Waals surface area (Å²) in [7, 11) is 1.86. The van der Waals surface area contributed by atoms with Crippen molar-refractivity contribution >= 4 is 48.0 Å². The number of aryl methyl sites for hydroxylation is 1. The standard InChI is InChI=1S/C42H55N3O17/c1-20-11-12-23-17-27-42(60-29(47)19-25(36(52)53)44-34(49)22(3)57-38(55)62-40(7,8)9)14-13-26(32-41(42,15-16-45(27)10)30(23)31(20)59-32)58-28(46)18-24(35(50)51)43-33(48)21(2)56-37(54)61-39(4,5)6/h11-13,21-22,24-25,27,32H,14-19H2,1-10H3,(H,43,48)(H,44,49)(H,50,51)(H,52,53)/t21-,22-,24-,25-,27+,32-,41-,42+/m0/s1. The molecule has 62 heavy (non-hydrogen) atoms. The number of nitrogens with zero attached hydrogens (tertiary/aromatic N) is 1. The number of ether oxygens (including phenoxy) is 7. The number of amides is 2. The van der Waals surface area contributed by atoms with E-state index in [0.29, 0.717) is 25.1 Å². The lowest BCUT2D eigenvalue weighted by molar-refractivity contribution is -0.207. The van der Waals surface area contributed by atoms with Crippen molar-refractivity contribution in [2.24, 2.45) is 0 Å². The number of hydrogen-bond acceptors (Lipinski definition) is 16. The molecule has 0 saturated carbocycles. The Labute approximate surface area is 357 Å². The topological polar surface area (TPSA) is 269 Å². The molecule has 20 nitrogen and oxygen atoms in total. The summed E-state index contributed by atoms with van der Waals surface area (Å²) in [5, 5.41) is 24.4. The van der Waals surface area contributed by atoms with Gasteiger partial charge in [0.15, 0.2) is 18.3 Å². The molecule has 8 atom stereocenters. The van der Waals surface area contributed by atoms with Gasteiger partial charge in [-0.05, 0) is 106 Å². The summed E-state index contributed by atoms with van der Waals surface area (Å²) in [6.45, 7) is 14.3. The average molecular weight is 874 g/mol. The van der Waals surface area contributed by atoms with Crippen molar-refractivity contribution < 1.29 is 81.7 Å². The van der Waals surface area contributed by atoms with E-state index in [-0.39, 0.29) is 12.2 Å². The summed E-state index contributed by atoms with van der Waals surface area (Å²) >= 11 is 0. The number of rotatable bonds is 14. The summed E-state index contributed by atoms with van der Waals surface area (Å²) in [6.07, 6.45) is -5.81. The number of carbonyl (C=O) groups excluding carboxylic acids is 6. The fourth-order valence-corrected chi connectivity index (χ4v) is 8.43. The summed E-state index contributed by atoms with van der Waals surface area (Å²) in [6, 6.07) is -0.241. The minimum atomic E-state index is -1.80. The molecule has 2 heterocycles. The SMILES string of the molecule is Cc1ccc2c3c1O[C@H]1C(OC(=O)C[C@H](NC(=O)[C@H](C)OC(=O)OC(C)(C)C)C(=O)O)=CC[C@@]4(OC(=O)C[C@H](NC(=O)[C@H](C)OC(=O)OC(C)(C)C)C(=O)O)[C@@H](C2)N(C)CC[C@]314. The lowest BCUT2D eigenvalue weighted by Crippen LogP contribution is -2.75. The van der Waals surface area contributed by atoms with Crippen molar-refractivity contribution in [3.8, 4) is 5.75 Å². The van der Waals surface area contributed by atoms with Crippen molar-refractivity contribution in [2.45, 2.75) is 153 Å². The molecule has 340 valence electrons. The van der Waals surface area contributed by atoms with Gasteiger partial charge in [-0.2, -0.15) is 0 Å². The maximum atomic E-state index is 14.1. The molecule has 2 amide bonds. The van der Waals surface area contributed by atoms with E-state index < -0.39 is 119 Å². The van der Waals surface area contributed by atoms with E-state index in [4.69, 9.17) is 33.2 Å². The quantitative estimate of drug-likeness (QED) is 0.155. The fraction of sp³-hybridized carbons (Fsp3) is 0.619. The summed E-state index contributed by atoms with van der Waals surface area (Å²) < 4.78 is 39.1. The van der Waals surface area contributed by atoms with Gasteiger partial charge in [-0.15, -0.1) is 0 Å². The number of esters is 2. The normalized spacial score (nSPS) is 24.2. The molecular formula is C42H55N3O17. The highest BCUT2D eigenvalue weighted by Gasteiger charge is 2.74. The largest absolute Gasteiger partial charge is 0.509 e. The zero-order valence-corrected chi connectivity index (χ0v) is 36.4. The molecule has 1 spiro atoms. The Morgan fingerprint density at radius 2 is 1.35 bits per heavy atom. The lowest BCUT2D eigenvalue weighted by atomic mass is 9.50. The van der Waals surface area contributed by atoms with E-state index in [9.17, 15) is 48.6 Å². The van der Waals surface area contributed by atoms with Gasteiger partial charge < -0.3 is 54.0 Å². The van der Waals surface area contributed by atoms with E-state index in [0.717, 1.165) is 16.7 Å². The van der Waals surface area contributed by atoms with Crippen LogP contribution in [0.5, 0.6) is 5.75 Å². The second-order valence-corrected chi connectivity index (χ2v) is 18.0. The van der Waals surface area contributed by atoms with Gasteiger partial charge in [0.05, 0.1) is 24.3 Å². The predicted octanol–water partition coefficient (Wildman–Crippen LogP) is 2.97. The molecule has 2 aliphatic heterocycles. The molecule has 4 N–H and O–H groups in total. The van der Waals surface area contributed by atoms with Crippen LogP contribution in [0.4, 0.5) is 9.59 Å². The fourth-order valence-electron chi connectivity index (χ4n) is 8.43. The van der Waals surface area contributed by atoms with E-state index in [1.54, 1.807) is 41.5 Å². The number of aliphatic carboxylic acids is 2. The maximum Gasteiger partial charge on any atom is 0.509 e. The highest BCUT2D eigenvalue weighted by atomic mass is 16.7. The van der Waals surface area contributed by atoms with Crippen LogP contribution in [0.1, 0.15) is 97.8 Å². The number of benzene rings is 1. The lowest BCUT2D eigenvalue weighted by Gasteiger charge is -2.62. The highest BCUT2D eigenvalue weighted by molar-refractivity contribution is 5.91. The summed E-state index contributed by atoms with van der Waals surface area (Å²) in [5.74, 6) is -6.65. The van der Waals surface area contributed by atoms with Crippen LogP contribution >= 0.6 is 0 Å². The Kier molecular flexibility index (Phi) is 13.3. The van der Waals surface area contributed by atoms with Gasteiger partial charge in [0.2, 0.25) is 0 Å². The van der Waals surface area contributed by atoms with Crippen LogP contribution < -0.4 is 15.4 Å². The van der Waals surface area contributed by atoms with Crippen molar-refractivity contribution in [2.75, 3.05) is 13.6 Å². The first-order valence-electron chi connectivity index (χ1n) is 20.2. The van der Waals surface area contributed by atoms with Gasteiger partial charge in [-0.25, -0.2) is 19.2 Å². The third-order valence-electron chi connectivity index (χ3n) is 11.1. The van der Waals surface area contributed by atoms with E-state index >= 15 is 0 Å². The number of piperidine rings is 1. The van der Waals surface area contributed by atoms with Crippen molar-refractivity contribution in [1.82, 2.24) is 15.5 Å². The number of likely N-dealkylation sites (N-methyl/N-ethyl adjacent to an activating group) is 1. The third kappa shape index (κ3) is 9.74. The van der Waals surface area contributed by atoms with Gasteiger partial charge in [0, 0.05) is 12.0 Å². The average Bonchev–Trinajstić information content (AvgIpc) is 3.49. The molecule has 4 aliphatic rings. The van der Waals surface area contributed by atoms with E-state index in [1.165, 1.54) is 19.9 Å². The van der Waals surface area contributed by atoms with Crippen LogP contribution in [0.15, 0.2) is 24.0 Å². The number of likely N-dealkylation sites (tertiary alicyclic amines) is 1. The number of nitrogens with one attached hydrogen (secondary N) is 2. The summed E-state index contributed by atoms with van der Waals surface area (Å²) in [5.41, 5.74) is -2.08. The van der Waals surface area contributed by atoms with Gasteiger partial charge in [0.25, 0.3) is 11.8 Å². The van der Waals surface area contributed by atoms with Gasteiger partial charge in [-0.3, -0.25) is 24.1 Å². The van der Waals surface area contributed by atoms with Crippen LogP contribution in [0.2, 0.25) is 0 Å². The van der Waals surface area contributed by atoms with Gasteiger partial charge >= 0.3 is 36.2 Å². The first-order chi connectivity index (χ1) is 28.7. The molecule has 1 saturated heterocycles. The number of hydrogen-bond donors (Lipinski definition) is 4. The maximum absolute atomic E-state index is 14.1. The minimum absolute atomic E-state index is 0.0140. The zero-order chi connectivity index (χ0) is 46.3. The Morgan fingerprint density at radius 3 is 1.85 bits per heavy atom. The molecule has 1 aromatic carbocycles. The molecule has 0 unspecified atom stereocenters. The zero-order valence-electron chi connectivity index (χ0n) is 36.4. The molecular weight excluding hydrogens is 818 g/mol. The third-order valence-corrected chi connectivity index (χ3v) is 11.1. The van der Waals surface area contributed by atoms with Crippen LogP contribution in [-0.4, -0.2) is 130 Å². The minimum Gasteiger partial charge on any atom is -0.481 e. The Morgan fingerprint density at radius 1 is 0.839 bits per heavy atom.